The molecule has 2 rings (SSSR count). The minimum absolute atomic E-state index is 0.0371. The van der Waals surface area contributed by atoms with Gasteiger partial charge in [0.2, 0.25) is 0 Å². The Labute approximate surface area is 125 Å². The van der Waals surface area contributed by atoms with E-state index in [2.05, 4.69) is 4.98 Å². The second-order valence-electron chi connectivity index (χ2n) is 6.45. The Morgan fingerprint density at radius 1 is 1.38 bits per heavy atom. The van der Waals surface area contributed by atoms with Gasteiger partial charge >= 0.3 is 6.09 Å². The molecule has 0 bridgehead atoms. The lowest BCUT2D eigenvalue weighted by molar-refractivity contribution is 0.0204. The van der Waals surface area contributed by atoms with E-state index in [1.807, 2.05) is 39.0 Å². The average molecular weight is 292 g/mol. The molecule has 0 unspecified atom stereocenters. The van der Waals surface area contributed by atoms with Crippen LogP contribution in [-0.2, 0) is 11.3 Å². The van der Waals surface area contributed by atoms with E-state index in [0.29, 0.717) is 24.7 Å². The highest BCUT2D eigenvalue weighted by atomic mass is 16.6. The van der Waals surface area contributed by atoms with E-state index in [1.165, 1.54) is 0 Å². The molecule has 116 valence electrons. The molecule has 0 spiro atoms. The number of ether oxygens (including phenoxy) is 1. The van der Waals surface area contributed by atoms with Gasteiger partial charge in [0.25, 0.3) is 0 Å². The van der Waals surface area contributed by atoms with Crippen molar-refractivity contribution in [3.8, 4) is 0 Å². The molecule has 1 N–H and O–H groups in total. The van der Waals surface area contributed by atoms with Gasteiger partial charge in [-0.2, -0.15) is 0 Å². The van der Waals surface area contributed by atoms with Crippen molar-refractivity contribution >= 4 is 6.09 Å². The van der Waals surface area contributed by atoms with E-state index in [9.17, 15) is 4.79 Å². The van der Waals surface area contributed by atoms with Crippen LogP contribution in [0.2, 0.25) is 0 Å². The number of aliphatic hydroxyl groups is 1. The van der Waals surface area contributed by atoms with Gasteiger partial charge < -0.3 is 14.7 Å². The number of nitrogens with zero attached hydrogens (tertiary/aromatic N) is 2. The zero-order valence-electron chi connectivity index (χ0n) is 13.0. The Hall–Kier alpha value is -1.62. The number of carbonyl (C=O) groups excluding carboxylic acids is 1. The van der Waals surface area contributed by atoms with Crippen LogP contribution in [0.5, 0.6) is 0 Å². The third kappa shape index (κ3) is 4.43. The maximum Gasteiger partial charge on any atom is 0.410 e. The first-order chi connectivity index (χ1) is 9.89. The van der Waals surface area contributed by atoms with E-state index in [4.69, 9.17) is 9.84 Å². The number of rotatable bonds is 2. The third-order valence-corrected chi connectivity index (χ3v) is 3.56. The summed E-state index contributed by atoms with van der Waals surface area (Å²) >= 11 is 0. The number of aromatic nitrogens is 1. The zero-order valence-corrected chi connectivity index (χ0v) is 13.0. The molecule has 0 atom stereocenters. The van der Waals surface area contributed by atoms with Crippen molar-refractivity contribution in [3.63, 3.8) is 0 Å². The van der Waals surface area contributed by atoms with Crippen molar-refractivity contribution in [2.24, 2.45) is 0 Å². The Morgan fingerprint density at radius 2 is 2.05 bits per heavy atom. The molecular weight excluding hydrogens is 268 g/mol. The number of likely N-dealkylation sites (tertiary alicyclic amines) is 1. The highest BCUT2D eigenvalue weighted by Gasteiger charge is 2.27. The van der Waals surface area contributed by atoms with Gasteiger partial charge in [0.1, 0.15) is 5.60 Å². The molecule has 1 amide bonds. The highest BCUT2D eigenvalue weighted by molar-refractivity contribution is 5.68. The number of amides is 1. The predicted octanol–water partition coefficient (Wildman–Crippen LogP) is 2.69. The number of aliphatic hydroxyl groups excluding tert-OH is 1. The van der Waals surface area contributed by atoms with Crippen LogP contribution in [0.3, 0.4) is 0 Å². The molecule has 1 aliphatic heterocycles. The number of pyridine rings is 1. The lowest BCUT2D eigenvalue weighted by Gasteiger charge is -2.33. The van der Waals surface area contributed by atoms with Gasteiger partial charge in [-0.25, -0.2) is 4.79 Å². The normalized spacial score (nSPS) is 16.9. The summed E-state index contributed by atoms with van der Waals surface area (Å²) in [5, 5.41) is 9.15. The summed E-state index contributed by atoms with van der Waals surface area (Å²) in [5.74, 6) is 0.343. The standard InChI is InChI=1S/C16H24N2O3/c1-16(2,3)21-15(20)18-9-7-12(8-10-18)14-6-4-5-13(11-19)17-14/h4-6,12,19H,7-11H2,1-3H3. The molecule has 21 heavy (non-hydrogen) atoms. The molecule has 5 nitrogen and oxygen atoms in total. The van der Waals surface area contributed by atoms with Gasteiger partial charge in [0, 0.05) is 24.7 Å². The molecule has 1 saturated heterocycles. The fraction of sp³-hybridized carbons (Fsp3) is 0.625. The van der Waals surface area contributed by atoms with Gasteiger partial charge in [-0.1, -0.05) is 6.07 Å². The molecule has 1 aliphatic rings. The van der Waals surface area contributed by atoms with Crippen LogP contribution in [-0.4, -0.2) is 39.8 Å². The van der Waals surface area contributed by atoms with Gasteiger partial charge in [-0.3, -0.25) is 4.98 Å². The van der Waals surface area contributed by atoms with Crippen LogP contribution in [0, 0.1) is 0 Å². The van der Waals surface area contributed by atoms with E-state index in [1.54, 1.807) is 4.90 Å². The Balaban J connectivity index is 1.92. The number of hydrogen-bond donors (Lipinski definition) is 1. The van der Waals surface area contributed by atoms with Crippen LogP contribution in [0.1, 0.15) is 50.9 Å². The maximum absolute atomic E-state index is 12.0. The molecule has 1 aromatic heterocycles. The van der Waals surface area contributed by atoms with Gasteiger partial charge in [-0.05, 0) is 45.7 Å². The summed E-state index contributed by atoms with van der Waals surface area (Å²) in [6, 6.07) is 5.74. The first-order valence-corrected chi connectivity index (χ1v) is 7.43. The molecule has 2 heterocycles. The van der Waals surface area contributed by atoms with Crippen molar-refractivity contribution in [2.45, 2.75) is 51.7 Å². The fourth-order valence-corrected chi connectivity index (χ4v) is 2.50. The SMILES string of the molecule is CC(C)(C)OC(=O)N1CCC(c2cccc(CO)n2)CC1. The van der Waals surface area contributed by atoms with Crippen molar-refractivity contribution in [1.29, 1.82) is 0 Å². The minimum atomic E-state index is -0.453. The summed E-state index contributed by atoms with van der Waals surface area (Å²) in [4.78, 5) is 18.2. The first kappa shape index (κ1) is 15.8. The van der Waals surface area contributed by atoms with E-state index < -0.39 is 5.60 Å². The van der Waals surface area contributed by atoms with E-state index in [0.717, 1.165) is 18.5 Å². The van der Waals surface area contributed by atoms with Crippen LogP contribution in [0.25, 0.3) is 0 Å². The molecule has 5 heteroatoms. The Morgan fingerprint density at radius 3 is 2.62 bits per heavy atom. The zero-order chi connectivity index (χ0) is 15.5. The smallest absolute Gasteiger partial charge is 0.410 e. The molecular formula is C16H24N2O3. The summed E-state index contributed by atoms with van der Waals surface area (Å²) in [6.45, 7) is 6.96. The third-order valence-electron chi connectivity index (χ3n) is 3.56. The quantitative estimate of drug-likeness (QED) is 0.910. The van der Waals surface area contributed by atoms with Crippen LogP contribution < -0.4 is 0 Å². The van der Waals surface area contributed by atoms with E-state index >= 15 is 0 Å². The largest absolute Gasteiger partial charge is 0.444 e. The van der Waals surface area contributed by atoms with Crippen molar-refractivity contribution < 1.29 is 14.6 Å². The summed E-state index contributed by atoms with van der Waals surface area (Å²) in [6.07, 6.45) is 1.51. The van der Waals surface area contributed by atoms with E-state index in [-0.39, 0.29) is 12.7 Å². The Kier molecular flexibility index (Phi) is 4.83. The van der Waals surface area contributed by atoms with Crippen molar-refractivity contribution in [1.82, 2.24) is 9.88 Å². The number of carbonyl (C=O) groups is 1. The average Bonchev–Trinajstić information content (AvgIpc) is 2.46. The summed E-state index contributed by atoms with van der Waals surface area (Å²) < 4.78 is 5.39. The van der Waals surface area contributed by atoms with Gasteiger partial charge in [-0.15, -0.1) is 0 Å². The summed E-state index contributed by atoms with van der Waals surface area (Å²) in [7, 11) is 0. The Bertz CT molecular complexity index is 489. The topological polar surface area (TPSA) is 62.7 Å². The maximum atomic E-state index is 12.0. The number of hydrogen-bond acceptors (Lipinski definition) is 4. The molecule has 0 saturated carbocycles. The van der Waals surface area contributed by atoms with Crippen LogP contribution in [0.15, 0.2) is 18.2 Å². The molecule has 0 aromatic carbocycles. The summed E-state index contributed by atoms with van der Waals surface area (Å²) in [5.41, 5.74) is 1.25. The van der Waals surface area contributed by atoms with Crippen LogP contribution >= 0.6 is 0 Å². The molecule has 0 aliphatic carbocycles. The monoisotopic (exact) mass is 292 g/mol. The van der Waals surface area contributed by atoms with Crippen molar-refractivity contribution in [2.75, 3.05) is 13.1 Å². The van der Waals surface area contributed by atoms with Crippen LogP contribution in [0.4, 0.5) is 4.79 Å². The molecule has 1 fully saturated rings. The van der Waals surface area contributed by atoms with Gasteiger partial charge in [0.05, 0.1) is 12.3 Å². The first-order valence-electron chi connectivity index (χ1n) is 7.43. The predicted molar refractivity (Wildman–Crippen MR) is 79.9 cm³/mol. The second-order valence-corrected chi connectivity index (χ2v) is 6.45. The lowest BCUT2D eigenvalue weighted by atomic mass is 9.93. The second kappa shape index (κ2) is 6.43. The minimum Gasteiger partial charge on any atom is -0.444 e. The molecule has 0 radical (unpaired) electrons. The molecule has 1 aromatic rings. The fourth-order valence-electron chi connectivity index (χ4n) is 2.50. The van der Waals surface area contributed by atoms with Crippen molar-refractivity contribution in [3.05, 3.63) is 29.6 Å². The lowest BCUT2D eigenvalue weighted by Crippen LogP contribution is -2.41. The highest BCUT2D eigenvalue weighted by Crippen LogP contribution is 2.27. The van der Waals surface area contributed by atoms with Gasteiger partial charge in [0.15, 0.2) is 0 Å². The number of piperidine rings is 1.